The van der Waals surface area contributed by atoms with Gasteiger partial charge in [0.1, 0.15) is 5.69 Å². The van der Waals surface area contributed by atoms with Gasteiger partial charge in [-0.2, -0.15) is 4.98 Å². The fourth-order valence-corrected chi connectivity index (χ4v) is 3.64. The lowest BCUT2D eigenvalue weighted by atomic mass is 10.00. The molecule has 0 spiro atoms. The Morgan fingerprint density at radius 2 is 2.04 bits per heavy atom. The number of nitrogens with one attached hydrogen (secondary N) is 2. The summed E-state index contributed by atoms with van der Waals surface area (Å²) >= 11 is 0. The smallest absolute Gasteiger partial charge is 0.233 e. The number of hydrogen-bond acceptors (Lipinski definition) is 6. The molecule has 0 saturated carbocycles. The van der Waals surface area contributed by atoms with E-state index in [1.165, 1.54) is 32.4 Å². The molecule has 1 fully saturated rings. The Labute approximate surface area is 149 Å². The van der Waals surface area contributed by atoms with Gasteiger partial charge in [-0.15, -0.1) is 0 Å². The highest BCUT2D eigenvalue weighted by Crippen LogP contribution is 2.37. The van der Waals surface area contributed by atoms with Gasteiger partial charge in [0, 0.05) is 6.54 Å². The van der Waals surface area contributed by atoms with Crippen molar-refractivity contribution in [2.45, 2.75) is 57.8 Å². The Kier molecular flexibility index (Phi) is 6.07. The zero-order valence-corrected chi connectivity index (χ0v) is 15.2. The highest BCUT2D eigenvalue weighted by atomic mass is 16.2. The Morgan fingerprint density at radius 1 is 1.24 bits per heavy atom. The van der Waals surface area contributed by atoms with Gasteiger partial charge in [-0.25, -0.2) is 4.98 Å². The SMILES string of the molecule is CCCCNc1nc(N)c2c(n1)C(CCCN1CCCCC1)C(=O)N2. The van der Waals surface area contributed by atoms with Gasteiger partial charge < -0.3 is 21.3 Å². The van der Waals surface area contributed by atoms with Gasteiger partial charge in [0.2, 0.25) is 11.9 Å². The molecule has 1 amide bonds. The average molecular weight is 346 g/mol. The molecule has 7 heteroatoms. The predicted molar refractivity (Wildman–Crippen MR) is 101 cm³/mol. The van der Waals surface area contributed by atoms with Gasteiger partial charge >= 0.3 is 0 Å². The zero-order valence-electron chi connectivity index (χ0n) is 15.2. The number of carbonyl (C=O) groups excluding carboxylic acids is 1. The third-order valence-electron chi connectivity index (χ3n) is 5.09. The number of likely N-dealkylation sites (tertiary alicyclic amines) is 1. The van der Waals surface area contributed by atoms with Gasteiger partial charge in [-0.1, -0.05) is 19.8 Å². The molecule has 0 bridgehead atoms. The minimum Gasteiger partial charge on any atom is -0.382 e. The maximum atomic E-state index is 12.4. The number of nitrogen functional groups attached to an aromatic ring is 1. The summed E-state index contributed by atoms with van der Waals surface area (Å²) in [7, 11) is 0. The van der Waals surface area contributed by atoms with E-state index >= 15 is 0 Å². The van der Waals surface area contributed by atoms with E-state index in [1.807, 2.05) is 0 Å². The molecule has 25 heavy (non-hydrogen) atoms. The Balaban J connectivity index is 1.62. The summed E-state index contributed by atoms with van der Waals surface area (Å²) in [6.45, 7) is 6.39. The molecule has 2 aliphatic heterocycles. The van der Waals surface area contributed by atoms with E-state index < -0.39 is 0 Å². The van der Waals surface area contributed by atoms with Crippen molar-refractivity contribution in [3.63, 3.8) is 0 Å². The number of hydrogen-bond donors (Lipinski definition) is 3. The molecular formula is C18H30N6O. The second-order valence-corrected chi connectivity index (χ2v) is 7.06. The van der Waals surface area contributed by atoms with Crippen LogP contribution in [0.1, 0.15) is 63.5 Å². The van der Waals surface area contributed by atoms with Crippen LogP contribution in [0.2, 0.25) is 0 Å². The second kappa shape index (κ2) is 8.47. The minimum atomic E-state index is -0.211. The second-order valence-electron chi connectivity index (χ2n) is 7.06. The molecule has 3 rings (SSSR count). The maximum Gasteiger partial charge on any atom is 0.233 e. The molecule has 1 unspecified atom stereocenters. The lowest BCUT2D eigenvalue weighted by Crippen LogP contribution is -2.30. The Bertz CT molecular complexity index is 599. The van der Waals surface area contributed by atoms with E-state index in [-0.39, 0.29) is 11.8 Å². The van der Waals surface area contributed by atoms with Gasteiger partial charge in [0.15, 0.2) is 5.82 Å². The molecule has 2 aliphatic rings. The van der Waals surface area contributed by atoms with Crippen LogP contribution in [-0.2, 0) is 4.79 Å². The van der Waals surface area contributed by atoms with Crippen LogP contribution in [0.3, 0.4) is 0 Å². The first-order chi connectivity index (χ1) is 12.2. The minimum absolute atomic E-state index is 0.000326. The molecule has 0 radical (unpaired) electrons. The molecule has 3 heterocycles. The standard InChI is InChI=1S/C18H30N6O/c1-2-3-9-20-18-22-14-13(17(25)21-15(14)16(19)23-18)8-7-12-24-10-5-4-6-11-24/h13H,2-12H2,1H3,(H,21,25)(H3,19,20,22,23). The Hall–Kier alpha value is -1.89. The van der Waals surface area contributed by atoms with E-state index in [1.54, 1.807) is 0 Å². The molecule has 7 nitrogen and oxygen atoms in total. The number of carbonyl (C=O) groups is 1. The molecule has 4 N–H and O–H groups in total. The lowest BCUT2D eigenvalue weighted by Gasteiger charge is -2.26. The zero-order chi connectivity index (χ0) is 17.6. The molecular weight excluding hydrogens is 316 g/mol. The van der Waals surface area contributed by atoms with Crippen LogP contribution in [0.25, 0.3) is 0 Å². The monoisotopic (exact) mass is 346 g/mol. The number of nitrogens with zero attached hydrogens (tertiary/aromatic N) is 3. The van der Waals surface area contributed by atoms with E-state index in [4.69, 9.17) is 5.73 Å². The van der Waals surface area contributed by atoms with Gasteiger partial charge in [0.05, 0.1) is 11.6 Å². The summed E-state index contributed by atoms with van der Waals surface area (Å²) in [5.74, 6) is 0.676. The number of anilines is 3. The first kappa shape index (κ1) is 17.9. The largest absolute Gasteiger partial charge is 0.382 e. The summed E-state index contributed by atoms with van der Waals surface area (Å²) in [5, 5.41) is 6.08. The van der Waals surface area contributed by atoms with Crippen molar-refractivity contribution in [1.29, 1.82) is 0 Å². The number of fused-ring (bicyclic) bond motifs is 1. The van der Waals surface area contributed by atoms with E-state index in [2.05, 4.69) is 32.4 Å². The number of rotatable bonds is 8. The molecule has 0 aliphatic carbocycles. The molecule has 138 valence electrons. The Morgan fingerprint density at radius 3 is 2.80 bits per heavy atom. The third-order valence-corrected chi connectivity index (χ3v) is 5.09. The average Bonchev–Trinajstić information content (AvgIpc) is 2.93. The molecule has 1 saturated heterocycles. The van der Waals surface area contributed by atoms with Crippen molar-refractivity contribution in [3.8, 4) is 0 Å². The van der Waals surface area contributed by atoms with Crippen molar-refractivity contribution in [3.05, 3.63) is 5.69 Å². The van der Waals surface area contributed by atoms with Crippen LogP contribution in [0.5, 0.6) is 0 Å². The van der Waals surface area contributed by atoms with Crippen LogP contribution in [0, 0.1) is 0 Å². The van der Waals surface area contributed by atoms with E-state index in [0.717, 1.165) is 44.5 Å². The fraction of sp³-hybridized carbons (Fsp3) is 0.722. The van der Waals surface area contributed by atoms with Gasteiger partial charge in [-0.3, -0.25) is 4.79 Å². The van der Waals surface area contributed by atoms with Crippen molar-refractivity contribution in [2.24, 2.45) is 0 Å². The maximum absolute atomic E-state index is 12.4. The molecule has 1 atom stereocenters. The lowest BCUT2D eigenvalue weighted by molar-refractivity contribution is -0.117. The summed E-state index contributed by atoms with van der Waals surface area (Å²) in [4.78, 5) is 23.7. The normalized spacial score (nSPS) is 20.4. The summed E-state index contributed by atoms with van der Waals surface area (Å²) in [6, 6.07) is 0. The van der Waals surface area contributed by atoms with Crippen molar-refractivity contribution in [1.82, 2.24) is 14.9 Å². The molecule has 1 aromatic heterocycles. The van der Waals surface area contributed by atoms with Crippen LogP contribution in [0.15, 0.2) is 0 Å². The molecule has 1 aromatic rings. The van der Waals surface area contributed by atoms with Crippen LogP contribution >= 0.6 is 0 Å². The van der Waals surface area contributed by atoms with Crippen molar-refractivity contribution in [2.75, 3.05) is 42.5 Å². The summed E-state index contributed by atoms with van der Waals surface area (Å²) < 4.78 is 0. The topological polar surface area (TPSA) is 96.2 Å². The summed E-state index contributed by atoms with van der Waals surface area (Å²) in [6.07, 6.45) is 7.90. The first-order valence-electron chi connectivity index (χ1n) is 9.63. The highest BCUT2D eigenvalue weighted by molar-refractivity contribution is 6.04. The number of nitrogens with two attached hydrogens (primary N) is 1. The van der Waals surface area contributed by atoms with Gasteiger partial charge in [-0.05, 0) is 51.7 Å². The van der Waals surface area contributed by atoms with E-state index in [0.29, 0.717) is 17.5 Å². The van der Waals surface area contributed by atoms with Crippen molar-refractivity contribution >= 4 is 23.4 Å². The molecule has 0 aromatic carbocycles. The predicted octanol–water partition coefficient (Wildman–Crippen LogP) is 2.57. The first-order valence-corrected chi connectivity index (χ1v) is 9.63. The van der Waals surface area contributed by atoms with Crippen LogP contribution in [0.4, 0.5) is 17.5 Å². The number of aromatic nitrogens is 2. The highest BCUT2D eigenvalue weighted by Gasteiger charge is 2.34. The van der Waals surface area contributed by atoms with Crippen LogP contribution < -0.4 is 16.4 Å². The van der Waals surface area contributed by atoms with Gasteiger partial charge in [0.25, 0.3) is 0 Å². The third kappa shape index (κ3) is 4.39. The van der Waals surface area contributed by atoms with Crippen LogP contribution in [-0.4, -0.2) is 47.0 Å². The number of amides is 1. The van der Waals surface area contributed by atoms with E-state index in [9.17, 15) is 4.79 Å². The number of unbranched alkanes of at least 4 members (excludes halogenated alkanes) is 1. The van der Waals surface area contributed by atoms with Crippen molar-refractivity contribution < 1.29 is 4.79 Å². The fourth-order valence-electron chi connectivity index (χ4n) is 3.64. The number of piperidine rings is 1. The quantitative estimate of drug-likeness (QED) is 0.626. The summed E-state index contributed by atoms with van der Waals surface area (Å²) in [5.41, 5.74) is 7.40.